The average Bonchev–Trinajstić information content (AvgIpc) is 2.83. The molecule has 3 rings (SSSR count). The van der Waals surface area contributed by atoms with Crippen molar-refractivity contribution in [3.63, 3.8) is 0 Å². The van der Waals surface area contributed by atoms with E-state index >= 15 is 0 Å². The highest BCUT2D eigenvalue weighted by atomic mass is 14.3. The van der Waals surface area contributed by atoms with E-state index in [-0.39, 0.29) is 0 Å². The first-order valence-corrected chi connectivity index (χ1v) is 13.6. The first-order chi connectivity index (χ1) is 15.2. The second kappa shape index (κ2) is 13.3. The van der Waals surface area contributed by atoms with E-state index in [2.05, 4.69) is 50.8 Å². The van der Waals surface area contributed by atoms with Crippen molar-refractivity contribution in [2.45, 2.75) is 117 Å². The fourth-order valence-corrected chi connectivity index (χ4v) is 5.87. The van der Waals surface area contributed by atoms with Crippen LogP contribution in [-0.4, -0.2) is 0 Å². The first-order valence-electron chi connectivity index (χ1n) is 13.6. The van der Waals surface area contributed by atoms with Crippen LogP contribution in [0.3, 0.4) is 0 Å². The van der Waals surface area contributed by atoms with Crippen LogP contribution >= 0.6 is 0 Å². The Balaban J connectivity index is 1.35. The summed E-state index contributed by atoms with van der Waals surface area (Å²) in [5.41, 5.74) is 6.06. The van der Waals surface area contributed by atoms with Crippen LogP contribution in [0.25, 0.3) is 0 Å². The minimum atomic E-state index is 0.984. The molecule has 0 nitrogen and oxygen atoms in total. The maximum atomic E-state index is 4.13. The Labute approximate surface area is 193 Å². The summed E-state index contributed by atoms with van der Waals surface area (Å²) in [4.78, 5) is 0. The van der Waals surface area contributed by atoms with Gasteiger partial charge < -0.3 is 0 Å². The SMILES string of the molecule is C=C(CC)CCc1ccc(CCC2=CCC(C3CCC(CCCCC)CC3)CC2)cc1. The molecule has 0 radical (unpaired) electrons. The van der Waals surface area contributed by atoms with Gasteiger partial charge in [-0.2, -0.15) is 0 Å². The summed E-state index contributed by atoms with van der Waals surface area (Å²) in [5.74, 6) is 3.06. The molecule has 0 saturated heterocycles. The smallest absolute Gasteiger partial charge is 0.0241 e. The van der Waals surface area contributed by atoms with E-state index in [0.29, 0.717) is 0 Å². The fourth-order valence-electron chi connectivity index (χ4n) is 5.87. The molecule has 1 unspecified atom stereocenters. The van der Waals surface area contributed by atoms with E-state index in [1.807, 2.05) is 0 Å². The van der Waals surface area contributed by atoms with Gasteiger partial charge in [-0.25, -0.2) is 0 Å². The lowest BCUT2D eigenvalue weighted by Crippen LogP contribution is -2.23. The Hall–Kier alpha value is -1.30. The number of aryl methyl sites for hydroxylation is 2. The van der Waals surface area contributed by atoms with Crippen LogP contribution in [0.1, 0.15) is 115 Å². The second-order valence-electron chi connectivity index (χ2n) is 10.6. The van der Waals surface area contributed by atoms with E-state index < -0.39 is 0 Å². The number of allylic oxidation sites excluding steroid dienone is 3. The molecule has 1 atom stereocenters. The Morgan fingerprint density at radius 2 is 1.55 bits per heavy atom. The predicted molar refractivity (Wildman–Crippen MR) is 138 cm³/mol. The van der Waals surface area contributed by atoms with Crippen molar-refractivity contribution in [3.05, 3.63) is 59.2 Å². The van der Waals surface area contributed by atoms with Gasteiger partial charge in [-0.05, 0) is 93.1 Å². The lowest BCUT2D eigenvalue weighted by molar-refractivity contribution is 0.185. The summed E-state index contributed by atoms with van der Waals surface area (Å²) < 4.78 is 0. The molecule has 1 aromatic rings. The minimum Gasteiger partial charge on any atom is -0.0999 e. The number of rotatable bonds is 12. The first kappa shape index (κ1) is 24.3. The molecule has 0 heteroatoms. The number of benzene rings is 1. The molecule has 2 aliphatic rings. The van der Waals surface area contributed by atoms with Crippen LogP contribution in [0.15, 0.2) is 48.1 Å². The molecule has 0 amide bonds. The van der Waals surface area contributed by atoms with Gasteiger partial charge in [0.25, 0.3) is 0 Å². The highest BCUT2D eigenvalue weighted by Crippen LogP contribution is 2.41. The van der Waals surface area contributed by atoms with E-state index in [1.54, 1.807) is 5.57 Å². The summed E-state index contributed by atoms with van der Waals surface area (Å²) in [5, 5.41) is 0. The van der Waals surface area contributed by atoms with E-state index in [4.69, 9.17) is 0 Å². The number of hydrogen-bond donors (Lipinski definition) is 0. The van der Waals surface area contributed by atoms with Crippen LogP contribution in [0.2, 0.25) is 0 Å². The molecule has 0 aliphatic heterocycles. The Morgan fingerprint density at radius 1 is 0.839 bits per heavy atom. The normalized spacial score (nSPS) is 24.1. The third kappa shape index (κ3) is 8.28. The Kier molecular flexibility index (Phi) is 10.4. The van der Waals surface area contributed by atoms with Crippen molar-refractivity contribution in [2.75, 3.05) is 0 Å². The third-order valence-electron chi connectivity index (χ3n) is 8.34. The molecule has 1 aromatic carbocycles. The lowest BCUT2D eigenvalue weighted by atomic mass is 9.70. The maximum absolute atomic E-state index is 4.13. The fraction of sp³-hybridized carbons (Fsp3) is 0.677. The summed E-state index contributed by atoms with van der Waals surface area (Å²) in [6, 6.07) is 9.38. The average molecular weight is 421 g/mol. The molecule has 0 spiro atoms. The van der Waals surface area contributed by atoms with E-state index in [0.717, 1.165) is 37.0 Å². The van der Waals surface area contributed by atoms with Crippen molar-refractivity contribution in [1.29, 1.82) is 0 Å². The van der Waals surface area contributed by atoms with Crippen molar-refractivity contribution in [3.8, 4) is 0 Å². The highest BCUT2D eigenvalue weighted by Gasteiger charge is 2.28. The monoisotopic (exact) mass is 420 g/mol. The van der Waals surface area contributed by atoms with Gasteiger partial charge in [-0.1, -0.05) is 100 Å². The van der Waals surface area contributed by atoms with Crippen LogP contribution in [0, 0.1) is 17.8 Å². The van der Waals surface area contributed by atoms with Gasteiger partial charge in [-0.3, -0.25) is 0 Å². The van der Waals surface area contributed by atoms with Crippen LogP contribution < -0.4 is 0 Å². The van der Waals surface area contributed by atoms with Gasteiger partial charge in [0.1, 0.15) is 0 Å². The molecule has 172 valence electrons. The van der Waals surface area contributed by atoms with Crippen LogP contribution in [0.5, 0.6) is 0 Å². The highest BCUT2D eigenvalue weighted by molar-refractivity contribution is 5.24. The zero-order valence-electron chi connectivity index (χ0n) is 20.6. The number of unbranched alkanes of at least 4 members (excludes halogenated alkanes) is 2. The Bertz CT molecular complexity index is 668. The molecule has 0 heterocycles. The molecule has 2 aliphatic carbocycles. The minimum absolute atomic E-state index is 0.984. The van der Waals surface area contributed by atoms with Crippen LogP contribution in [0.4, 0.5) is 0 Å². The zero-order chi connectivity index (χ0) is 21.9. The molecular formula is C31H48. The van der Waals surface area contributed by atoms with Gasteiger partial charge in [0, 0.05) is 0 Å². The molecule has 31 heavy (non-hydrogen) atoms. The molecule has 0 bridgehead atoms. The molecule has 1 saturated carbocycles. The van der Waals surface area contributed by atoms with Gasteiger partial charge in [0.2, 0.25) is 0 Å². The Morgan fingerprint density at radius 3 is 2.16 bits per heavy atom. The third-order valence-corrected chi connectivity index (χ3v) is 8.34. The van der Waals surface area contributed by atoms with Crippen molar-refractivity contribution in [2.24, 2.45) is 17.8 Å². The summed E-state index contributed by atoms with van der Waals surface area (Å²) in [6.07, 6.45) is 24.5. The predicted octanol–water partition coefficient (Wildman–Crippen LogP) is 9.63. The van der Waals surface area contributed by atoms with Crippen molar-refractivity contribution >= 4 is 0 Å². The maximum Gasteiger partial charge on any atom is -0.0241 e. The summed E-state index contributed by atoms with van der Waals surface area (Å²) >= 11 is 0. The molecule has 1 fully saturated rings. The molecular weight excluding hydrogens is 372 g/mol. The largest absolute Gasteiger partial charge is 0.0999 e. The molecule has 0 aromatic heterocycles. The van der Waals surface area contributed by atoms with Gasteiger partial charge >= 0.3 is 0 Å². The van der Waals surface area contributed by atoms with Gasteiger partial charge in [0.05, 0.1) is 0 Å². The summed E-state index contributed by atoms with van der Waals surface area (Å²) in [7, 11) is 0. The quantitative estimate of drug-likeness (QED) is 0.233. The molecule has 0 N–H and O–H groups in total. The second-order valence-corrected chi connectivity index (χ2v) is 10.6. The zero-order valence-corrected chi connectivity index (χ0v) is 20.6. The lowest BCUT2D eigenvalue weighted by Gasteiger charge is -2.35. The number of hydrogen-bond acceptors (Lipinski definition) is 0. The van der Waals surface area contributed by atoms with Gasteiger partial charge in [-0.15, -0.1) is 0 Å². The topological polar surface area (TPSA) is 0 Å². The van der Waals surface area contributed by atoms with Crippen LogP contribution in [-0.2, 0) is 12.8 Å². The standard InChI is InChI=1S/C31H48/c1-4-6-7-8-26-17-21-30(22-18-26)31-23-19-29(20-24-31)16-15-28-13-11-27(12-14-28)10-9-25(3)5-2/h11-14,19,26,30-31H,3-10,15-18,20-24H2,1-2H3. The van der Waals surface area contributed by atoms with Crippen molar-refractivity contribution in [1.82, 2.24) is 0 Å². The summed E-state index contributed by atoms with van der Waals surface area (Å²) in [6.45, 7) is 8.66. The van der Waals surface area contributed by atoms with E-state index in [1.165, 1.54) is 100 Å². The van der Waals surface area contributed by atoms with E-state index in [9.17, 15) is 0 Å². The van der Waals surface area contributed by atoms with Gasteiger partial charge in [0.15, 0.2) is 0 Å². The van der Waals surface area contributed by atoms with Crippen molar-refractivity contribution < 1.29 is 0 Å².